The first-order valence-electron chi connectivity index (χ1n) is 7.67. The predicted octanol–water partition coefficient (Wildman–Crippen LogP) is 3.06. The van der Waals surface area contributed by atoms with Crippen molar-refractivity contribution in [1.82, 2.24) is 14.1 Å². The fourth-order valence-electron chi connectivity index (χ4n) is 3.22. The second-order valence-corrected chi connectivity index (χ2v) is 8.82. The summed E-state index contributed by atoms with van der Waals surface area (Å²) >= 11 is 0. The van der Waals surface area contributed by atoms with Crippen LogP contribution in [-0.2, 0) is 0 Å². The molecular weight excluding hydrogens is 250 g/mol. The van der Waals surface area contributed by atoms with Crippen molar-refractivity contribution in [3.63, 3.8) is 0 Å². The molecule has 1 aliphatic rings. The van der Waals surface area contributed by atoms with Crippen LogP contribution in [0.25, 0.3) is 0 Å². The summed E-state index contributed by atoms with van der Waals surface area (Å²) in [5.41, 5.74) is 2.70. The van der Waals surface area contributed by atoms with Gasteiger partial charge >= 0.3 is 8.56 Å². The quantitative estimate of drug-likeness (QED) is 0.755. The van der Waals surface area contributed by atoms with Gasteiger partial charge in [-0.25, -0.2) is 0 Å². The molecule has 1 aliphatic heterocycles. The van der Waals surface area contributed by atoms with E-state index in [1.54, 1.807) is 0 Å². The first-order chi connectivity index (χ1) is 9.03. The molecule has 0 atom stereocenters. The maximum absolute atomic E-state index is 3.93. The summed E-state index contributed by atoms with van der Waals surface area (Å²) in [6.07, 6.45) is 4.70. The lowest BCUT2D eigenvalue weighted by Gasteiger charge is -2.47. The molecule has 0 aliphatic carbocycles. The summed E-state index contributed by atoms with van der Waals surface area (Å²) in [5, 5.41) is 0. The van der Waals surface area contributed by atoms with Gasteiger partial charge in [-0.15, -0.1) is 0 Å². The molecule has 0 radical (unpaired) electrons. The van der Waals surface area contributed by atoms with Gasteiger partial charge in [-0.3, -0.25) is 9.13 Å². The van der Waals surface area contributed by atoms with Gasteiger partial charge in [0.15, 0.2) is 0 Å². The summed E-state index contributed by atoms with van der Waals surface area (Å²) < 4.78 is 5.35. The highest BCUT2D eigenvalue weighted by atomic mass is 28.4. The second kappa shape index (κ2) is 7.27. The van der Waals surface area contributed by atoms with Crippen LogP contribution in [0.3, 0.4) is 0 Å². The first-order valence-corrected chi connectivity index (χ1v) is 9.77. The molecule has 0 saturated heterocycles. The SMILES string of the molecule is CCN(CC)[Si]1(N(CC)CC)CC=C(C)C=C(C)N1. The monoisotopic (exact) mass is 281 g/mol. The zero-order chi connectivity index (χ0) is 14.5. The van der Waals surface area contributed by atoms with Crippen LogP contribution in [0.2, 0.25) is 6.04 Å². The van der Waals surface area contributed by atoms with Crippen molar-refractivity contribution >= 4 is 8.56 Å². The van der Waals surface area contributed by atoms with Crippen molar-refractivity contribution in [3.05, 3.63) is 23.4 Å². The van der Waals surface area contributed by atoms with E-state index in [-0.39, 0.29) is 0 Å². The minimum absolute atomic E-state index is 1.12. The fraction of sp³-hybridized carbons (Fsp3) is 0.733. The van der Waals surface area contributed by atoms with E-state index in [2.05, 4.69) is 67.8 Å². The highest BCUT2D eigenvalue weighted by Gasteiger charge is 2.44. The molecule has 1 N–H and O–H groups in total. The molecule has 0 aromatic rings. The van der Waals surface area contributed by atoms with E-state index in [0.29, 0.717) is 0 Å². The van der Waals surface area contributed by atoms with Crippen molar-refractivity contribution in [2.45, 2.75) is 47.6 Å². The van der Waals surface area contributed by atoms with Crippen molar-refractivity contribution in [1.29, 1.82) is 0 Å². The molecular formula is C15H31N3Si. The second-order valence-electron chi connectivity index (χ2n) is 5.27. The van der Waals surface area contributed by atoms with E-state index in [9.17, 15) is 0 Å². The van der Waals surface area contributed by atoms with Crippen LogP contribution in [-0.4, -0.2) is 43.9 Å². The molecule has 4 heteroatoms. The van der Waals surface area contributed by atoms with Crippen LogP contribution in [0.15, 0.2) is 23.4 Å². The molecule has 0 aromatic heterocycles. The lowest BCUT2D eigenvalue weighted by Crippen LogP contribution is -2.73. The van der Waals surface area contributed by atoms with Crippen LogP contribution in [0, 0.1) is 0 Å². The van der Waals surface area contributed by atoms with Crippen molar-refractivity contribution < 1.29 is 0 Å². The minimum Gasteiger partial charge on any atom is -0.390 e. The molecule has 0 saturated carbocycles. The maximum atomic E-state index is 3.93. The Balaban J connectivity index is 3.22. The zero-order valence-electron chi connectivity index (χ0n) is 13.6. The topological polar surface area (TPSA) is 18.5 Å². The minimum atomic E-state index is -1.82. The average molecular weight is 282 g/mol. The highest BCUT2D eigenvalue weighted by Crippen LogP contribution is 2.24. The highest BCUT2D eigenvalue weighted by molar-refractivity contribution is 6.73. The Morgan fingerprint density at radius 1 is 1.00 bits per heavy atom. The van der Waals surface area contributed by atoms with Crippen molar-refractivity contribution in [2.75, 3.05) is 26.2 Å². The van der Waals surface area contributed by atoms with Gasteiger partial charge in [0.2, 0.25) is 0 Å². The van der Waals surface area contributed by atoms with Crippen LogP contribution in [0.4, 0.5) is 0 Å². The number of nitrogens with zero attached hydrogens (tertiary/aromatic N) is 2. The normalized spacial score (nSPS) is 18.9. The molecule has 110 valence electrons. The zero-order valence-corrected chi connectivity index (χ0v) is 14.6. The molecule has 0 fully saturated rings. The van der Waals surface area contributed by atoms with Crippen LogP contribution in [0.1, 0.15) is 41.5 Å². The summed E-state index contributed by atoms with van der Waals surface area (Å²) in [5.74, 6) is 0. The first kappa shape index (κ1) is 16.5. The summed E-state index contributed by atoms with van der Waals surface area (Å²) in [4.78, 5) is 3.93. The summed E-state index contributed by atoms with van der Waals surface area (Å²) in [6.45, 7) is 18.0. The fourth-order valence-corrected chi connectivity index (χ4v) is 7.95. The van der Waals surface area contributed by atoms with Gasteiger partial charge in [-0.1, -0.05) is 39.3 Å². The van der Waals surface area contributed by atoms with Gasteiger partial charge in [0, 0.05) is 11.7 Å². The summed E-state index contributed by atoms with van der Waals surface area (Å²) in [7, 11) is -1.82. The van der Waals surface area contributed by atoms with Crippen molar-refractivity contribution in [2.24, 2.45) is 0 Å². The van der Waals surface area contributed by atoms with E-state index in [4.69, 9.17) is 0 Å². The lowest BCUT2D eigenvalue weighted by atomic mass is 10.2. The molecule has 0 amide bonds. The van der Waals surface area contributed by atoms with Gasteiger partial charge in [0.25, 0.3) is 0 Å². The van der Waals surface area contributed by atoms with E-state index in [1.807, 2.05) is 0 Å². The average Bonchev–Trinajstić information content (AvgIpc) is 2.52. The van der Waals surface area contributed by atoms with Gasteiger partial charge in [-0.2, -0.15) is 0 Å². The molecule has 0 unspecified atom stereocenters. The molecule has 0 spiro atoms. The Labute approximate surface area is 120 Å². The third kappa shape index (κ3) is 3.49. The Morgan fingerprint density at radius 3 is 1.89 bits per heavy atom. The lowest BCUT2D eigenvalue weighted by molar-refractivity contribution is 0.342. The van der Waals surface area contributed by atoms with Crippen molar-refractivity contribution in [3.8, 4) is 0 Å². The van der Waals surface area contributed by atoms with Gasteiger partial charge in [-0.05, 0) is 46.1 Å². The number of hydrogen-bond acceptors (Lipinski definition) is 3. The molecule has 1 heterocycles. The predicted molar refractivity (Wildman–Crippen MR) is 87.1 cm³/mol. The van der Waals surface area contributed by atoms with E-state index in [0.717, 1.165) is 32.2 Å². The number of hydrogen-bond donors (Lipinski definition) is 1. The maximum Gasteiger partial charge on any atom is 0.320 e. The van der Waals surface area contributed by atoms with Gasteiger partial charge in [0.1, 0.15) is 0 Å². The third-order valence-electron chi connectivity index (χ3n) is 4.12. The van der Waals surface area contributed by atoms with Crippen LogP contribution < -0.4 is 4.98 Å². The Bertz CT molecular complexity index is 329. The van der Waals surface area contributed by atoms with Gasteiger partial charge in [0.05, 0.1) is 0 Å². The van der Waals surface area contributed by atoms with Crippen LogP contribution in [0.5, 0.6) is 0 Å². The van der Waals surface area contributed by atoms with E-state index >= 15 is 0 Å². The molecule has 19 heavy (non-hydrogen) atoms. The molecule has 0 bridgehead atoms. The third-order valence-corrected chi connectivity index (χ3v) is 9.05. The number of nitrogens with one attached hydrogen (secondary N) is 1. The Kier molecular flexibility index (Phi) is 6.30. The summed E-state index contributed by atoms with van der Waals surface area (Å²) in [6, 6.07) is 1.16. The molecule has 0 aromatic carbocycles. The number of allylic oxidation sites excluding steroid dienone is 4. The Hall–Kier alpha value is -0.583. The standard InChI is InChI=1S/C15H31N3Si/c1-7-17(8-2)19(18(9-3)10-4)12-11-14(5)13-15(6)16-19/h11,13,16H,7-10,12H2,1-6H3. The largest absolute Gasteiger partial charge is 0.390 e. The Morgan fingerprint density at radius 2 is 1.47 bits per heavy atom. The van der Waals surface area contributed by atoms with Crippen LogP contribution >= 0.6 is 0 Å². The smallest absolute Gasteiger partial charge is 0.320 e. The molecule has 1 rings (SSSR count). The van der Waals surface area contributed by atoms with E-state index < -0.39 is 8.56 Å². The molecule has 3 nitrogen and oxygen atoms in total. The number of rotatable bonds is 6. The van der Waals surface area contributed by atoms with Gasteiger partial charge < -0.3 is 4.98 Å². The van der Waals surface area contributed by atoms with E-state index in [1.165, 1.54) is 11.3 Å².